The van der Waals surface area contributed by atoms with Crippen LogP contribution in [0.4, 0.5) is 19.0 Å². The van der Waals surface area contributed by atoms with E-state index < -0.39 is 11.7 Å². The third kappa shape index (κ3) is 4.60. The van der Waals surface area contributed by atoms with Crippen LogP contribution in [-0.2, 0) is 11.0 Å². The van der Waals surface area contributed by atoms with Gasteiger partial charge < -0.3 is 15.1 Å². The largest absolute Gasteiger partial charge is 0.417 e. The van der Waals surface area contributed by atoms with E-state index in [2.05, 4.69) is 15.2 Å². The van der Waals surface area contributed by atoms with Crippen molar-refractivity contribution in [3.05, 3.63) is 22.8 Å². The van der Waals surface area contributed by atoms with Gasteiger partial charge >= 0.3 is 6.18 Å². The Morgan fingerprint density at radius 3 is 2.62 bits per heavy atom. The fraction of sp³-hybridized carbons (Fsp3) is 0.667. The molecule has 1 aromatic rings. The van der Waals surface area contributed by atoms with E-state index in [1.807, 2.05) is 9.80 Å². The molecule has 3 fully saturated rings. The van der Waals surface area contributed by atoms with Crippen LogP contribution in [0.25, 0.3) is 0 Å². The van der Waals surface area contributed by atoms with Gasteiger partial charge in [0, 0.05) is 57.3 Å². The van der Waals surface area contributed by atoms with E-state index >= 15 is 0 Å². The Morgan fingerprint density at radius 1 is 1.24 bits per heavy atom. The maximum absolute atomic E-state index is 12.8. The number of hydrogen-bond acceptors (Lipinski definition) is 6. The number of hydrogen-bond donors (Lipinski definition) is 1. The molecule has 0 spiro atoms. The zero-order valence-electron chi connectivity index (χ0n) is 15.8. The number of carbonyl (C=O) groups excluding carboxylic acids is 1. The van der Waals surface area contributed by atoms with Crippen molar-refractivity contribution in [1.82, 2.24) is 20.1 Å². The van der Waals surface area contributed by atoms with E-state index in [1.165, 1.54) is 0 Å². The predicted octanol–water partition coefficient (Wildman–Crippen LogP) is 2.14. The minimum atomic E-state index is -4.45. The lowest BCUT2D eigenvalue weighted by atomic mass is 10.1. The highest BCUT2D eigenvalue weighted by Gasteiger charge is 2.37. The molecule has 0 saturated carbocycles. The molecule has 6 nitrogen and oxygen atoms in total. The van der Waals surface area contributed by atoms with Gasteiger partial charge in [-0.05, 0) is 12.5 Å². The molecular formula is C18H23ClF3N5OS. The van der Waals surface area contributed by atoms with E-state index in [1.54, 1.807) is 11.8 Å². The molecule has 1 aromatic heterocycles. The number of piperazine rings is 1. The van der Waals surface area contributed by atoms with Crippen LogP contribution in [0.5, 0.6) is 0 Å². The second-order valence-electron chi connectivity index (χ2n) is 7.54. The van der Waals surface area contributed by atoms with Gasteiger partial charge in [-0.1, -0.05) is 11.6 Å². The Balaban J connectivity index is 1.31. The van der Waals surface area contributed by atoms with E-state index in [-0.39, 0.29) is 23.0 Å². The maximum Gasteiger partial charge on any atom is 0.417 e. The first-order valence-corrected chi connectivity index (χ1v) is 11.2. The maximum atomic E-state index is 12.8. The molecule has 0 aliphatic carbocycles. The quantitative estimate of drug-likeness (QED) is 0.763. The first kappa shape index (κ1) is 21.0. The lowest BCUT2D eigenvalue weighted by Gasteiger charge is -2.38. The monoisotopic (exact) mass is 449 g/mol. The molecule has 0 unspecified atom stereocenters. The molecule has 3 saturated heterocycles. The van der Waals surface area contributed by atoms with Gasteiger partial charge in [-0.25, -0.2) is 4.98 Å². The SMILES string of the molecule is O=C([C@@H]1C[C@H](N2CCN(c3ncc(C(F)(F)F)cc3Cl)CC2)CN1)N1CCSC1. The van der Waals surface area contributed by atoms with Gasteiger partial charge in [-0.2, -0.15) is 13.2 Å². The highest BCUT2D eigenvalue weighted by atomic mass is 35.5. The number of halogens is 4. The fourth-order valence-electron chi connectivity index (χ4n) is 4.11. The normalized spacial score (nSPS) is 26.3. The predicted molar refractivity (Wildman–Crippen MR) is 107 cm³/mol. The molecule has 1 N–H and O–H groups in total. The summed E-state index contributed by atoms with van der Waals surface area (Å²) in [6.07, 6.45) is -2.83. The average Bonchev–Trinajstić information content (AvgIpc) is 3.39. The molecule has 3 aliphatic rings. The van der Waals surface area contributed by atoms with Crippen LogP contribution in [0.1, 0.15) is 12.0 Å². The second-order valence-corrected chi connectivity index (χ2v) is 9.02. The van der Waals surface area contributed by atoms with Crippen LogP contribution in [0.15, 0.2) is 12.3 Å². The summed E-state index contributed by atoms with van der Waals surface area (Å²) in [6, 6.07) is 1.10. The minimum absolute atomic E-state index is 0.0185. The number of pyridine rings is 1. The van der Waals surface area contributed by atoms with Gasteiger partial charge in [0.15, 0.2) is 0 Å². The van der Waals surface area contributed by atoms with Crippen LogP contribution < -0.4 is 10.2 Å². The molecule has 3 aliphatic heterocycles. The molecule has 29 heavy (non-hydrogen) atoms. The highest BCUT2D eigenvalue weighted by Crippen LogP contribution is 2.34. The van der Waals surface area contributed by atoms with Crippen LogP contribution in [0.2, 0.25) is 5.02 Å². The van der Waals surface area contributed by atoms with Crippen molar-refractivity contribution in [2.24, 2.45) is 0 Å². The van der Waals surface area contributed by atoms with Crippen molar-refractivity contribution in [1.29, 1.82) is 0 Å². The van der Waals surface area contributed by atoms with Gasteiger partial charge in [-0.3, -0.25) is 9.69 Å². The number of anilines is 1. The van der Waals surface area contributed by atoms with Crippen molar-refractivity contribution in [3.63, 3.8) is 0 Å². The Morgan fingerprint density at radius 2 is 2.00 bits per heavy atom. The lowest BCUT2D eigenvalue weighted by Crippen LogP contribution is -2.51. The van der Waals surface area contributed by atoms with Crippen LogP contribution in [-0.4, -0.2) is 83.7 Å². The summed E-state index contributed by atoms with van der Waals surface area (Å²) >= 11 is 7.86. The third-order valence-electron chi connectivity index (χ3n) is 5.75. The summed E-state index contributed by atoms with van der Waals surface area (Å²) in [4.78, 5) is 22.7. The molecule has 4 heterocycles. The Kier molecular flexibility index (Phi) is 6.15. The van der Waals surface area contributed by atoms with Crippen molar-refractivity contribution in [3.8, 4) is 0 Å². The summed E-state index contributed by atoms with van der Waals surface area (Å²) in [7, 11) is 0. The standard InChI is InChI=1S/C18H23ClF3N5OS/c19-14-7-12(18(20,21)22)9-24-16(14)26-3-1-25(2-4-26)13-8-15(23-10-13)17(28)27-5-6-29-11-27/h7,9,13,15,23H,1-6,8,10-11H2/t13-,15-/m0/s1. The Labute approximate surface area is 176 Å². The molecule has 0 aromatic carbocycles. The van der Waals surface area contributed by atoms with Crippen LogP contribution in [0.3, 0.4) is 0 Å². The van der Waals surface area contributed by atoms with Gasteiger partial charge in [0.25, 0.3) is 0 Å². The molecule has 0 radical (unpaired) electrons. The molecule has 2 atom stereocenters. The van der Waals surface area contributed by atoms with E-state index in [0.29, 0.717) is 18.9 Å². The van der Waals surface area contributed by atoms with Gasteiger partial charge in [0.2, 0.25) is 5.91 Å². The van der Waals surface area contributed by atoms with Crippen molar-refractivity contribution in [2.75, 3.05) is 55.8 Å². The summed E-state index contributed by atoms with van der Waals surface area (Å²) in [5.74, 6) is 2.37. The summed E-state index contributed by atoms with van der Waals surface area (Å²) in [5, 5.41) is 3.38. The van der Waals surface area contributed by atoms with Gasteiger partial charge in [0.05, 0.1) is 22.5 Å². The number of alkyl halides is 3. The number of nitrogens with one attached hydrogen (secondary N) is 1. The number of thioether (sulfide) groups is 1. The fourth-order valence-corrected chi connectivity index (χ4v) is 5.35. The zero-order valence-corrected chi connectivity index (χ0v) is 17.4. The molecule has 1 amide bonds. The Bertz CT molecular complexity index is 754. The molecule has 160 valence electrons. The third-order valence-corrected chi connectivity index (χ3v) is 6.99. The zero-order chi connectivity index (χ0) is 20.6. The van der Waals surface area contributed by atoms with Crippen LogP contribution >= 0.6 is 23.4 Å². The second kappa shape index (κ2) is 8.49. The van der Waals surface area contributed by atoms with E-state index in [4.69, 9.17) is 11.6 Å². The van der Waals surface area contributed by atoms with E-state index in [0.717, 1.165) is 56.5 Å². The minimum Gasteiger partial charge on any atom is -0.353 e. The summed E-state index contributed by atoms with van der Waals surface area (Å²) in [6.45, 7) is 4.38. The van der Waals surface area contributed by atoms with Crippen molar-refractivity contribution < 1.29 is 18.0 Å². The molecule has 11 heteroatoms. The first-order valence-electron chi connectivity index (χ1n) is 9.64. The highest BCUT2D eigenvalue weighted by molar-refractivity contribution is 7.99. The summed E-state index contributed by atoms with van der Waals surface area (Å²) < 4.78 is 38.4. The van der Waals surface area contributed by atoms with E-state index in [9.17, 15) is 18.0 Å². The molecule has 4 rings (SSSR count). The number of aromatic nitrogens is 1. The number of nitrogens with zero attached hydrogens (tertiary/aromatic N) is 4. The van der Waals surface area contributed by atoms with Gasteiger partial charge in [-0.15, -0.1) is 11.8 Å². The summed E-state index contributed by atoms with van der Waals surface area (Å²) in [5.41, 5.74) is -0.839. The van der Waals surface area contributed by atoms with Crippen molar-refractivity contribution >= 4 is 35.1 Å². The Hall–Kier alpha value is -1.23. The average molecular weight is 450 g/mol. The first-order chi connectivity index (χ1) is 13.8. The van der Waals surface area contributed by atoms with Crippen LogP contribution in [0, 0.1) is 0 Å². The molecular weight excluding hydrogens is 427 g/mol. The number of rotatable bonds is 3. The van der Waals surface area contributed by atoms with Gasteiger partial charge in [0.1, 0.15) is 5.82 Å². The topological polar surface area (TPSA) is 51.7 Å². The lowest BCUT2D eigenvalue weighted by molar-refractivity contribution is -0.137. The number of amides is 1. The smallest absolute Gasteiger partial charge is 0.353 e. The van der Waals surface area contributed by atoms with Crippen molar-refractivity contribution in [2.45, 2.75) is 24.7 Å². The molecule has 0 bridgehead atoms. The number of carbonyl (C=O) groups is 1.